The van der Waals surface area contributed by atoms with Crippen LogP contribution in [0, 0.1) is 10.1 Å². The predicted molar refractivity (Wildman–Crippen MR) is 55.5 cm³/mol. The number of hydrogen-bond donors (Lipinski definition) is 2. The normalized spacial score (nSPS) is 9.88. The molecule has 7 nitrogen and oxygen atoms in total. The van der Waals surface area contributed by atoms with Gasteiger partial charge in [-0.05, 0) is 0 Å². The number of carbonyl (C=O) groups is 1. The molecule has 1 aromatic rings. The number of nitrogen functional groups attached to an aromatic ring is 1. The quantitative estimate of drug-likeness (QED) is 0.352. The zero-order valence-electron chi connectivity index (χ0n) is 8.06. The Hall–Kier alpha value is -2.02. The predicted octanol–water partition coefficient (Wildman–Crippen LogP) is 1.32. The summed E-state index contributed by atoms with van der Waals surface area (Å²) in [5.41, 5.74) is 3.80. The Kier molecular flexibility index (Phi) is 3.19. The summed E-state index contributed by atoms with van der Waals surface area (Å²) in [7, 11) is 1.05. The van der Waals surface area contributed by atoms with Crippen LogP contribution in [0.15, 0.2) is 6.07 Å². The molecule has 0 unspecified atom stereocenters. The standard InChI is InChI=1S/C8H7ClN2O5/c1-16-8(13)5-6(10)4(11(14)15)2-3(9)7(5)12/h2,12H,10H2,1H3. The fourth-order valence-electron chi connectivity index (χ4n) is 1.10. The molecule has 3 N–H and O–H groups in total. The van der Waals surface area contributed by atoms with Crippen molar-refractivity contribution in [2.75, 3.05) is 12.8 Å². The van der Waals surface area contributed by atoms with Crippen LogP contribution in [0.2, 0.25) is 5.02 Å². The van der Waals surface area contributed by atoms with E-state index in [0.717, 1.165) is 13.2 Å². The van der Waals surface area contributed by atoms with Crippen molar-refractivity contribution < 1.29 is 19.6 Å². The van der Waals surface area contributed by atoms with Crippen LogP contribution in [0.3, 0.4) is 0 Å². The minimum absolute atomic E-state index is 0.346. The summed E-state index contributed by atoms with van der Waals surface area (Å²) in [6, 6.07) is 0.860. The summed E-state index contributed by atoms with van der Waals surface area (Å²) in [5.74, 6) is -1.64. The van der Waals surface area contributed by atoms with E-state index in [1.54, 1.807) is 0 Å². The molecule has 0 amide bonds. The maximum atomic E-state index is 11.2. The number of halogens is 1. The van der Waals surface area contributed by atoms with Gasteiger partial charge in [0.15, 0.2) is 5.75 Å². The Morgan fingerprint density at radius 1 is 1.69 bits per heavy atom. The van der Waals surface area contributed by atoms with E-state index in [4.69, 9.17) is 17.3 Å². The molecule has 0 saturated carbocycles. The number of benzene rings is 1. The zero-order chi connectivity index (χ0) is 12.5. The number of aromatic hydroxyl groups is 1. The van der Waals surface area contributed by atoms with Gasteiger partial charge in [-0.3, -0.25) is 10.1 Å². The second-order valence-electron chi connectivity index (χ2n) is 2.76. The van der Waals surface area contributed by atoms with Gasteiger partial charge in [0.25, 0.3) is 5.69 Å². The molecular weight excluding hydrogens is 240 g/mol. The minimum Gasteiger partial charge on any atom is -0.505 e. The van der Waals surface area contributed by atoms with E-state index in [2.05, 4.69) is 4.74 Å². The van der Waals surface area contributed by atoms with Crippen molar-refractivity contribution in [3.63, 3.8) is 0 Å². The maximum absolute atomic E-state index is 11.2. The molecule has 0 bridgehead atoms. The summed E-state index contributed by atoms with van der Waals surface area (Å²) < 4.78 is 4.33. The average molecular weight is 247 g/mol. The third-order valence-corrected chi connectivity index (χ3v) is 2.15. The van der Waals surface area contributed by atoms with Gasteiger partial charge in [0.05, 0.1) is 17.1 Å². The van der Waals surface area contributed by atoms with Crippen molar-refractivity contribution in [3.05, 3.63) is 26.8 Å². The molecule has 86 valence electrons. The van der Waals surface area contributed by atoms with Crippen LogP contribution < -0.4 is 5.73 Å². The van der Waals surface area contributed by atoms with Crippen molar-refractivity contribution in [2.24, 2.45) is 0 Å². The number of phenolic OH excluding ortho intramolecular Hbond substituents is 1. The average Bonchev–Trinajstić information content (AvgIpc) is 2.22. The van der Waals surface area contributed by atoms with Crippen LogP contribution in [0.1, 0.15) is 10.4 Å². The summed E-state index contributed by atoms with van der Waals surface area (Å²) in [4.78, 5) is 21.0. The first-order valence-corrected chi connectivity index (χ1v) is 4.31. The summed E-state index contributed by atoms with van der Waals surface area (Å²) >= 11 is 5.52. The molecular formula is C8H7ClN2O5. The summed E-state index contributed by atoms with van der Waals surface area (Å²) in [6.45, 7) is 0. The molecule has 0 heterocycles. The molecule has 0 saturated heterocycles. The van der Waals surface area contributed by atoms with Crippen LogP contribution in [0.4, 0.5) is 11.4 Å². The molecule has 0 spiro atoms. The van der Waals surface area contributed by atoms with Crippen LogP contribution >= 0.6 is 11.6 Å². The number of nitrogens with zero attached hydrogens (tertiary/aromatic N) is 1. The fourth-order valence-corrected chi connectivity index (χ4v) is 1.30. The first-order chi connectivity index (χ1) is 7.40. The zero-order valence-corrected chi connectivity index (χ0v) is 8.82. The second-order valence-corrected chi connectivity index (χ2v) is 3.17. The number of esters is 1. The van der Waals surface area contributed by atoms with E-state index in [1.165, 1.54) is 0 Å². The van der Waals surface area contributed by atoms with Crippen LogP contribution in [0.25, 0.3) is 0 Å². The number of nitrogens with two attached hydrogens (primary N) is 1. The lowest BCUT2D eigenvalue weighted by Crippen LogP contribution is -2.08. The number of anilines is 1. The Bertz CT molecular complexity index is 474. The van der Waals surface area contributed by atoms with Gasteiger partial charge in [0.2, 0.25) is 0 Å². The number of hydrogen-bond acceptors (Lipinski definition) is 6. The van der Waals surface area contributed by atoms with Crippen LogP contribution in [-0.2, 0) is 4.74 Å². The minimum atomic E-state index is -0.999. The monoisotopic (exact) mass is 246 g/mol. The molecule has 8 heteroatoms. The first kappa shape index (κ1) is 12.1. The highest BCUT2D eigenvalue weighted by Crippen LogP contribution is 2.38. The molecule has 0 atom stereocenters. The van der Waals surface area contributed by atoms with Gasteiger partial charge < -0.3 is 15.6 Å². The lowest BCUT2D eigenvalue weighted by Gasteiger charge is -2.07. The van der Waals surface area contributed by atoms with Crippen molar-refractivity contribution in [2.45, 2.75) is 0 Å². The topological polar surface area (TPSA) is 116 Å². The molecule has 1 aromatic carbocycles. The van der Waals surface area contributed by atoms with Gasteiger partial charge in [-0.1, -0.05) is 11.6 Å². The fraction of sp³-hybridized carbons (Fsp3) is 0.125. The second kappa shape index (κ2) is 4.23. The van der Waals surface area contributed by atoms with Gasteiger partial charge >= 0.3 is 5.97 Å². The highest BCUT2D eigenvalue weighted by atomic mass is 35.5. The lowest BCUT2D eigenvalue weighted by molar-refractivity contribution is -0.383. The van der Waals surface area contributed by atoms with Gasteiger partial charge in [0.1, 0.15) is 11.3 Å². The Morgan fingerprint density at radius 3 is 2.69 bits per heavy atom. The van der Waals surface area contributed by atoms with E-state index >= 15 is 0 Å². The molecule has 0 radical (unpaired) electrons. The van der Waals surface area contributed by atoms with Gasteiger partial charge in [0, 0.05) is 6.07 Å². The number of carbonyl (C=O) groups excluding carboxylic acids is 1. The van der Waals surface area contributed by atoms with Crippen molar-refractivity contribution >= 4 is 28.9 Å². The molecule has 0 aliphatic carbocycles. The highest BCUT2D eigenvalue weighted by Gasteiger charge is 2.26. The molecule has 0 aromatic heterocycles. The third-order valence-electron chi connectivity index (χ3n) is 1.86. The SMILES string of the molecule is COC(=O)c1c(N)c([N+](=O)[O-])cc(Cl)c1O. The number of ether oxygens (including phenoxy) is 1. The highest BCUT2D eigenvalue weighted by molar-refractivity contribution is 6.33. The molecule has 0 aliphatic heterocycles. The van der Waals surface area contributed by atoms with Crippen LogP contribution in [0.5, 0.6) is 5.75 Å². The summed E-state index contributed by atoms with van der Waals surface area (Å²) in [5, 5.41) is 19.7. The van der Waals surface area contributed by atoms with E-state index in [-0.39, 0.29) is 5.02 Å². The van der Waals surface area contributed by atoms with E-state index in [9.17, 15) is 20.0 Å². The van der Waals surface area contributed by atoms with Gasteiger partial charge in [-0.2, -0.15) is 0 Å². The van der Waals surface area contributed by atoms with Gasteiger partial charge in [-0.15, -0.1) is 0 Å². The van der Waals surface area contributed by atoms with Crippen molar-refractivity contribution in [3.8, 4) is 5.75 Å². The molecule has 0 fully saturated rings. The van der Waals surface area contributed by atoms with E-state index in [1.807, 2.05) is 0 Å². The Morgan fingerprint density at radius 2 is 2.25 bits per heavy atom. The molecule has 0 aliphatic rings. The van der Waals surface area contributed by atoms with E-state index in [0.29, 0.717) is 0 Å². The maximum Gasteiger partial charge on any atom is 0.344 e. The number of nitro benzene ring substituents is 1. The van der Waals surface area contributed by atoms with Crippen LogP contribution in [-0.4, -0.2) is 23.1 Å². The first-order valence-electron chi connectivity index (χ1n) is 3.93. The van der Waals surface area contributed by atoms with Crippen molar-refractivity contribution in [1.82, 2.24) is 0 Å². The number of phenols is 1. The Labute approximate surface area is 94.5 Å². The molecule has 16 heavy (non-hydrogen) atoms. The lowest BCUT2D eigenvalue weighted by atomic mass is 10.1. The number of rotatable bonds is 2. The number of methoxy groups -OCH3 is 1. The molecule has 1 rings (SSSR count). The Balaban J connectivity index is 3.58. The number of nitro groups is 1. The van der Waals surface area contributed by atoms with Crippen molar-refractivity contribution in [1.29, 1.82) is 0 Å². The van der Waals surface area contributed by atoms with E-state index < -0.39 is 33.6 Å². The van der Waals surface area contributed by atoms with Gasteiger partial charge in [-0.25, -0.2) is 4.79 Å². The third kappa shape index (κ3) is 1.84. The summed E-state index contributed by atoms with van der Waals surface area (Å²) in [6.07, 6.45) is 0. The largest absolute Gasteiger partial charge is 0.505 e. The smallest absolute Gasteiger partial charge is 0.344 e.